The molecule has 0 radical (unpaired) electrons. The van der Waals surface area contributed by atoms with Gasteiger partial charge >= 0.3 is 107 Å². The Morgan fingerprint density at radius 1 is 0.909 bits per heavy atom. The summed E-state index contributed by atoms with van der Waals surface area (Å²) < 4.78 is 31.6. The largest absolute Gasteiger partial charge is 2.00 e. The van der Waals surface area contributed by atoms with Crippen LogP contribution in [0.2, 0.25) is 0 Å². The van der Waals surface area contributed by atoms with Crippen molar-refractivity contribution in [3.8, 4) is 0 Å². The fourth-order valence-corrected chi connectivity index (χ4v) is 0. The van der Waals surface area contributed by atoms with Crippen molar-refractivity contribution in [2.75, 3.05) is 0 Å². The second kappa shape index (κ2) is 23.7. The molecule has 0 aromatic carbocycles. The smallest absolute Gasteiger partial charge is 1.00 e. The van der Waals surface area contributed by atoms with Crippen LogP contribution >= 0.6 is 37.2 Å². The zero-order valence-corrected chi connectivity index (χ0v) is 15.5. The fourth-order valence-electron chi connectivity index (χ4n) is 0. The Morgan fingerprint density at radius 3 is 0.909 bits per heavy atom. The van der Waals surface area contributed by atoms with Crippen molar-refractivity contribution in [1.82, 2.24) is 0 Å². The van der Waals surface area contributed by atoms with Crippen molar-refractivity contribution in [3.63, 3.8) is 0 Å². The number of hydrogen-bond donors (Lipinski definition) is 2. The molecule has 0 atom stereocenters. The molecule has 0 saturated heterocycles. The van der Waals surface area contributed by atoms with Crippen molar-refractivity contribution in [2.24, 2.45) is 0 Å². The van der Waals surface area contributed by atoms with Crippen LogP contribution in [0.15, 0.2) is 0 Å². The van der Waals surface area contributed by atoms with E-state index < -0.39 is 10.4 Å². The van der Waals surface area contributed by atoms with Gasteiger partial charge in [0, 0.05) is 0 Å². The molecule has 0 aromatic heterocycles. The van der Waals surface area contributed by atoms with E-state index in [1.54, 1.807) is 0 Å². The normalized spacial score (nSPS) is 5.27. The van der Waals surface area contributed by atoms with E-state index in [1.165, 1.54) is 0 Å². The third kappa shape index (κ3) is 126. The van der Waals surface area contributed by atoms with Crippen LogP contribution in [0.1, 0.15) is 5.71 Å². The summed E-state index contributed by atoms with van der Waals surface area (Å²) in [5.74, 6) is 0. The minimum absolute atomic E-state index is 0. The fraction of sp³-hybridized carbons (Fsp3) is 0. The summed E-state index contributed by atoms with van der Waals surface area (Å²) in [7, 11) is -4.67. The van der Waals surface area contributed by atoms with Crippen LogP contribution in [0.5, 0.6) is 0 Å². The van der Waals surface area contributed by atoms with Crippen molar-refractivity contribution in [3.05, 3.63) is 0 Å². The minimum Gasteiger partial charge on any atom is -1.00 e. The Balaban J connectivity index is -0.00000000178. The summed E-state index contributed by atoms with van der Waals surface area (Å²) in [6.45, 7) is 0. The van der Waals surface area contributed by atoms with Crippen LogP contribution in [0.3, 0.4) is 0 Å². The third-order valence-electron chi connectivity index (χ3n) is 0. The summed E-state index contributed by atoms with van der Waals surface area (Å²) in [5.41, 5.74) is 0. The summed E-state index contributed by atoms with van der Waals surface area (Å²) in [5, 5.41) is 0. The predicted octanol–water partition coefficient (Wildman–Crippen LogP) is -5.31. The van der Waals surface area contributed by atoms with Crippen LogP contribution in [0.25, 0.3) is 0 Å². The van der Waals surface area contributed by atoms with Crippen molar-refractivity contribution in [2.45, 2.75) is 0 Å². The average molecular weight is 298 g/mol. The van der Waals surface area contributed by atoms with E-state index in [0.717, 1.165) is 0 Å². The van der Waals surface area contributed by atoms with Crippen LogP contribution in [0.4, 0.5) is 0 Å². The maximum absolute atomic E-state index is 8.74. The monoisotopic (exact) mass is 296 g/mol. The topological polar surface area (TPSA) is 74.6 Å². The molecular formula is H9CaCl3Na2O4S. The first-order valence-electron chi connectivity index (χ1n) is 0.698. The van der Waals surface area contributed by atoms with Gasteiger partial charge in [0.1, 0.15) is 0 Å². The van der Waals surface area contributed by atoms with Crippen LogP contribution in [-0.2, 0) is 10.4 Å². The van der Waals surface area contributed by atoms with Gasteiger partial charge in [-0.3, -0.25) is 9.11 Å². The molecule has 0 amide bonds. The molecule has 11 heteroatoms. The predicted molar refractivity (Wildman–Crippen MR) is 46.1 cm³/mol. The van der Waals surface area contributed by atoms with Gasteiger partial charge in [-0.25, -0.2) is 0 Å². The summed E-state index contributed by atoms with van der Waals surface area (Å²) >= 11 is 0. The van der Waals surface area contributed by atoms with Gasteiger partial charge in [0.05, 0.1) is 0 Å². The molecule has 0 bridgehead atoms. The van der Waals surface area contributed by atoms with E-state index in [1.807, 2.05) is 0 Å². The van der Waals surface area contributed by atoms with Gasteiger partial charge in [-0.15, -0.1) is 37.2 Å². The Kier molecular flexibility index (Phi) is 98.8. The molecule has 0 aliphatic carbocycles. The van der Waals surface area contributed by atoms with Crippen molar-refractivity contribution >= 4 is 85.4 Å². The van der Waals surface area contributed by atoms with Gasteiger partial charge < -0.3 is 5.71 Å². The maximum atomic E-state index is 8.74. The first kappa shape index (κ1) is 45.9. The Labute approximate surface area is 164 Å². The van der Waals surface area contributed by atoms with E-state index in [4.69, 9.17) is 17.5 Å². The molecule has 0 spiro atoms. The van der Waals surface area contributed by atoms with E-state index in [9.17, 15) is 0 Å². The summed E-state index contributed by atoms with van der Waals surface area (Å²) in [6, 6.07) is 0. The molecule has 2 N–H and O–H groups in total. The van der Waals surface area contributed by atoms with E-state index in [0.29, 0.717) is 0 Å². The van der Waals surface area contributed by atoms with Crippen LogP contribution in [-0.4, -0.2) is 55.3 Å². The Morgan fingerprint density at radius 2 is 0.909 bits per heavy atom. The van der Waals surface area contributed by atoms with Crippen LogP contribution in [0, 0.1) is 0 Å². The molecule has 0 saturated carbocycles. The number of rotatable bonds is 0. The second-order valence-corrected chi connectivity index (χ2v) is 1.34. The zero-order chi connectivity index (χ0) is 4.50. The molecular weight excluding hydrogens is 288 g/mol. The number of hydrogen-bond acceptors (Lipinski definition) is 2. The van der Waals surface area contributed by atoms with Crippen molar-refractivity contribution < 1.29 is 82.3 Å². The van der Waals surface area contributed by atoms with Gasteiger partial charge in [-0.1, -0.05) is 0 Å². The van der Waals surface area contributed by atoms with Gasteiger partial charge in [-0.2, -0.15) is 8.42 Å². The van der Waals surface area contributed by atoms with Gasteiger partial charge in [-0.05, 0) is 0 Å². The van der Waals surface area contributed by atoms with Crippen LogP contribution < -0.4 is 59.1 Å². The molecule has 11 heavy (non-hydrogen) atoms. The first-order chi connectivity index (χ1) is 2.00. The summed E-state index contributed by atoms with van der Waals surface area (Å²) in [6.07, 6.45) is 0. The van der Waals surface area contributed by atoms with E-state index in [-0.39, 0.29) is 140 Å². The average Bonchev–Trinajstić information content (AvgIpc) is 0.722. The third-order valence-corrected chi connectivity index (χ3v) is 0. The number of halogens is 3. The molecule has 0 heterocycles. The molecule has 64 valence electrons. The van der Waals surface area contributed by atoms with Gasteiger partial charge in [0.2, 0.25) is 0 Å². The Bertz CT molecular complexity index is 119. The molecule has 0 fully saturated rings. The van der Waals surface area contributed by atoms with E-state index >= 15 is 0 Å². The molecule has 0 aliphatic rings. The minimum atomic E-state index is -4.67. The quantitative estimate of drug-likeness (QED) is 0.346. The second-order valence-electron chi connectivity index (χ2n) is 0.448. The zero-order valence-electron chi connectivity index (χ0n) is 10.1. The standard InChI is InChI=1S/Ca.3ClH.2Na.H2O4S.4H/c;;;;;;1-5(2,3)4;;;;/h;3*1H;;;(H2,1,2,3,4);;;;/q+2;;;;2*+1;;4*-1. The van der Waals surface area contributed by atoms with Crippen molar-refractivity contribution in [1.29, 1.82) is 0 Å². The van der Waals surface area contributed by atoms with E-state index in [2.05, 4.69) is 0 Å². The maximum Gasteiger partial charge on any atom is 2.00 e. The molecule has 0 aliphatic heterocycles. The Hall–Kier alpha value is 4.00. The molecule has 0 aromatic rings. The molecule has 4 nitrogen and oxygen atoms in total. The van der Waals surface area contributed by atoms with Gasteiger partial charge in [0.15, 0.2) is 0 Å². The first-order valence-corrected chi connectivity index (χ1v) is 2.10. The molecule has 0 unspecified atom stereocenters. The summed E-state index contributed by atoms with van der Waals surface area (Å²) in [4.78, 5) is 0. The van der Waals surface area contributed by atoms with Gasteiger partial charge in [0.25, 0.3) is 0 Å². The molecule has 0 rings (SSSR count). The SMILES string of the molecule is Cl.Cl.Cl.O=S(=O)(O)O.[Ca+2].[H-].[H-].[H-].[H-].[Na+].[Na+].